The number of carbonyl (C=O) groups is 2. The van der Waals surface area contributed by atoms with E-state index in [9.17, 15) is 9.59 Å². The predicted octanol–water partition coefficient (Wildman–Crippen LogP) is 13.5. The number of unbranched alkanes of at least 4 members (excludes halogenated alkanes) is 2. The Morgan fingerprint density at radius 3 is 2.29 bits per heavy atom. The fraction of sp³-hybridized carbons (Fsp3) is 0.893. The molecule has 7 nitrogen and oxygen atoms in total. The molecule has 0 amide bonds. The molecule has 0 aliphatic heterocycles. The second-order valence-electron chi connectivity index (χ2n) is 24.9. The summed E-state index contributed by atoms with van der Waals surface area (Å²) in [5.41, 5.74) is 7.56. The van der Waals surface area contributed by atoms with Crippen LogP contribution in [0.5, 0.6) is 0 Å². The van der Waals surface area contributed by atoms with Crippen LogP contribution in [0.15, 0.2) is 23.8 Å². The van der Waals surface area contributed by atoms with E-state index in [0.717, 1.165) is 93.6 Å². The quantitative estimate of drug-likeness (QED) is 0.0526. The summed E-state index contributed by atoms with van der Waals surface area (Å²) in [6.45, 7) is 29.2. The predicted molar refractivity (Wildman–Crippen MR) is 263 cm³/mol. The van der Waals surface area contributed by atoms with Gasteiger partial charge in [0.1, 0.15) is 18.2 Å². The average molecular weight is 881 g/mol. The molecule has 0 aromatic heterocycles. The minimum absolute atomic E-state index is 0.0305. The number of nitrogens with zero attached hydrogens (tertiary/aromatic N) is 1. The lowest BCUT2D eigenvalue weighted by atomic mass is 9.47. The molecule has 0 aromatic rings. The third-order valence-electron chi connectivity index (χ3n) is 17.0. The van der Waals surface area contributed by atoms with Crippen LogP contribution in [0.25, 0.3) is 0 Å². The first-order valence-corrected chi connectivity index (χ1v) is 26.2. The third-order valence-corrected chi connectivity index (χ3v) is 17.0. The number of rotatable bonds is 26. The van der Waals surface area contributed by atoms with Gasteiger partial charge in [-0.15, -0.1) is 0 Å². The zero-order valence-corrected chi connectivity index (χ0v) is 43.6. The summed E-state index contributed by atoms with van der Waals surface area (Å²) in [6.07, 6.45) is 27.6. The van der Waals surface area contributed by atoms with Crippen molar-refractivity contribution in [3.63, 3.8) is 0 Å². The van der Waals surface area contributed by atoms with Crippen LogP contribution in [0, 0.1) is 63.1 Å². The molecule has 0 saturated heterocycles. The van der Waals surface area contributed by atoms with Crippen LogP contribution >= 0.6 is 0 Å². The third kappa shape index (κ3) is 15.2. The summed E-state index contributed by atoms with van der Waals surface area (Å²) in [7, 11) is 4.03. The molecular weight excluding hydrogens is 781 g/mol. The van der Waals surface area contributed by atoms with Gasteiger partial charge in [-0.3, -0.25) is 9.59 Å². The highest BCUT2D eigenvalue weighted by molar-refractivity contribution is 5.80. The molecular formula is C56H100N2O5. The van der Waals surface area contributed by atoms with Crippen LogP contribution in [0.1, 0.15) is 205 Å². The molecule has 2 N–H and O–H groups in total. The topological polar surface area (TPSA) is 91.1 Å². The van der Waals surface area contributed by atoms with E-state index in [1.54, 1.807) is 12.5 Å². The van der Waals surface area contributed by atoms with Crippen molar-refractivity contribution < 1.29 is 23.8 Å². The molecule has 0 bridgehead atoms. The summed E-state index contributed by atoms with van der Waals surface area (Å²) in [5, 5.41) is 0. The summed E-state index contributed by atoms with van der Waals surface area (Å²) in [4.78, 5) is 28.6. The Kier molecular flexibility index (Phi) is 20.0. The lowest BCUT2D eigenvalue weighted by molar-refractivity contribution is -0.159. The highest BCUT2D eigenvalue weighted by atomic mass is 16.5. The zero-order chi connectivity index (χ0) is 46.8. The molecule has 63 heavy (non-hydrogen) atoms. The highest BCUT2D eigenvalue weighted by Gasteiger charge is 2.59. The van der Waals surface area contributed by atoms with E-state index in [4.69, 9.17) is 19.9 Å². The molecule has 0 aromatic carbocycles. The molecule has 10 atom stereocenters. The van der Waals surface area contributed by atoms with E-state index in [0.29, 0.717) is 35.7 Å². The molecule has 364 valence electrons. The standard InChI is InChI=1S/C56H100N2O5/c1-40(2)21-18-22-42(5)46-27-28-47-45-26-25-43-37-44(29-32-54(43,10)48(45)30-33-55(46,47)11)61-35-17-15-16-23-49(63-50(59)24-19-34-58(13)14)53(8,9)39-56(12,57)51(60)62-36-20-31-52(6,7)38-41(3)4/h20,25,31,40-42,44-49H,15-19,21-24,26-30,32-39,57H2,1-14H3/b31-20-/t42-,44+,45?,46-,47?,48?,49?,54+,55-,56?/m1/s1. The number of hydrogen-bond donors (Lipinski definition) is 1. The van der Waals surface area contributed by atoms with Gasteiger partial charge in [-0.05, 0) is 175 Å². The van der Waals surface area contributed by atoms with Crippen molar-refractivity contribution >= 4 is 11.9 Å². The normalized spacial score (nSPS) is 29.6. The maximum Gasteiger partial charge on any atom is 0.326 e. The van der Waals surface area contributed by atoms with Gasteiger partial charge in [0.2, 0.25) is 0 Å². The number of allylic oxidation sites excluding steroid dienone is 2. The van der Waals surface area contributed by atoms with Crippen molar-refractivity contribution in [2.45, 2.75) is 223 Å². The number of carbonyl (C=O) groups excluding carboxylic acids is 2. The number of fused-ring (bicyclic) bond motifs is 5. The molecule has 0 heterocycles. The second-order valence-corrected chi connectivity index (χ2v) is 24.9. The van der Waals surface area contributed by atoms with Crippen molar-refractivity contribution in [2.24, 2.45) is 68.8 Å². The molecule has 3 fully saturated rings. The molecule has 0 radical (unpaired) electrons. The maximum absolute atomic E-state index is 13.3. The Bertz CT molecular complexity index is 1490. The van der Waals surface area contributed by atoms with Gasteiger partial charge in [-0.1, -0.05) is 126 Å². The molecule has 4 aliphatic rings. The highest BCUT2D eigenvalue weighted by Crippen LogP contribution is 2.67. The molecule has 7 heteroatoms. The average Bonchev–Trinajstić information content (AvgIpc) is 3.53. The van der Waals surface area contributed by atoms with Crippen molar-refractivity contribution in [2.75, 3.05) is 33.9 Å². The minimum Gasteiger partial charge on any atom is -0.462 e. The monoisotopic (exact) mass is 881 g/mol. The lowest BCUT2D eigenvalue weighted by Crippen LogP contribution is -2.51. The summed E-state index contributed by atoms with van der Waals surface area (Å²) < 4.78 is 18.6. The van der Waals surface area contributed by atoms with Crippen molar-refractivity contribution in [1.82, 2.24) is 4.90 Å². The van der Waals surface area contributed by atoms with Gasteiger partial charge in [0.25, 0.3) is 0 Å². The van der Waals surface area contributed by atoms with Crippen molar-refractivity contribution in [1.29, 1.82) is 0 Å². The van der Waals surface area contributed by atoms with Crippen LogP contribution in [0.4, 0.5) is 0 Å². The summed E-state index contributed by atoms with van der Waals surface area (Å²) >= 11 is 0. The molecule has 3 saturated carbocycles. The van der Waals surface area contributed by atoms with Gasteiger partial charge in [0.05, 0.1) is 6.10 Å². The van der Waals surface area contributed by atoms with Crippen LogP contribution in [-0.4, -0.2) is 68.4 Å². The Labute approximate surface area is 388 Å². The van der Waals surface area contributed by atoms with Crippen LogP contribution in [0.3, 0.4) is 0 Å². The number of esters is 2. The summed E-state index contributed by atoms with van der Waals surface area (Å²) in [5.74, 6) is 5.16. The van der Waals surface area contributed by atoms with Crippen LogP contribution < -0.4 is 5.73 Å². The maximum atomic E-state index is 13.3. The first-order chi connectivity index (χ1) is 29.4. The lowest BCUT2D eigenvalue weighted by Gasteiger charge is -2.58. The van der Waals surface area contributed by atoms with E-state index in [2.05, 4.69) is 93.2 Å². The molecule has 0 spiro atoms. The second kappa shape index (κ2) is 23.3. The van der Waals surface area contributed by atoms with E-state index in [1.165, 1.54) is 64.2 Å². The van der Waals surface area contributed by atoms with E-state index < -0.39 is 16.9 Å². The Morgan fingerprint density at radius 1 is 0.873 bits per heavy atom. The van der Waals surface area contributed by atoms with Gasteiger partial charge in [0, 0.05) is 18.4 Å². The Balaban J connectivity index is 1.27. The SMILES string of the molecule is CC(C)CCC[C@@H](C)[C@H]1CCC2C3CC=C4C[C@@H](OCCCCCC(OC(=O)CCCN(C)C)C(C)(C)CC(C)(N)C(=O)OC/C=C\C(C)(C)CC(C)C)CC[C@]4(C)C3CC[C@@]21C. The van der Waals surface area contributed by atoms with Crippen molar-refractivity contribution in [3.8, 4) is 0 Å². The van der Waals surface area contributed by atoms with Gasteiger partial charge in [-0.2, -0.15) is 0 Å². The zero-order valence-electron chi connectivity index (χ0n) is 43.6. The van der Waals surface area contributed by atoms with Crippen molar-refractivity contribution in [3.05, 3.63) is 23.8 Å². The fourth-order valence-corrected chi connectivity index (χ4v) is 13.9. The fourth-order valence-electron chi connectivity index (χ4n) is 13.9. The Morgan fingerprint density at radius 2 is 1.60 bits per heavy atom. The van der Waals surface area contributed by atoms with Gasteiger partial charge in [0.15, 0.2) is 0 Å². The summed E-state index contributed by atoms with van der Waals surface area (Å²) in [6, 6.07) is 0. The largest absolute Gasteiger partial charge is 0.462 e. The first kappa shape index (κ1) is 53.9. The Hall–Kier alpha value is -1.70. The molecule has 5 unspecified atom stereocenters. The number of nitrogens with two attached hydrogens (primary N) is 1. The van der Waals surface area contributed by atoms with Crippen LogP contribution in [0.2, 0.25) is 0 Å². The van der Waals surface area contributed by atoms with E-state index >= 15 is 0 Å². The molecule has 4 rings (SSSR count). The van der Waals surface area contributed by atoms with E-state index in [-0.39, 0.29) is 24.1 Å². The smallest absolute Gasteiger partial charge is 0.326 e. The first-order valence-electron chi connectivity index (χ1n) is 26.2. The number of hydrogen-bond acceptors (Lipinski definition) is 7. The molecule has 4 aliphatic carbocycles. The van der Waals surface area contributed by atoms with Crippen LogP contribution in [-0.2, 0) is 23.8 Å². The van der Waals surface area contributed by atoms with Gasteiger partial charge in [-0.25, -0.2) is 0 Å². The minimum atomic E-state index is -1.22. The number of ether oxygens (including phenoxy) is 3. The van der Waals surface area contributed by atoms with Gasteiger partial charge >= 0.3 is 11.9 Å². The van der Waals surface area contributed by atoms with Gasteiger partial charge < -0.3 is 24.8 Å². The van der Waals surface area contributed by atoms with E-state index in [1.807, 2.05) is 20.2 Å².